The van der Waals surface area contributed by atoms with Crippen LogP contribution in [-0.2, 0) is 13.6 Å². The number of pyridine rings is 1. The van der Waals surface area contributed by atoms with E-state index in [4.69, 9.17) is 4.74 Å². The van der Waals surface area contributed by atoms with Gasteiger partial charge in [-0.1, -0.05) is 13.8 Å². The molecule has 0 aliphatic rings. The largest absolute Gasteiger partial charge is 0.467 e. The van der Waals surface area contributed by atoms with Crippen LogP contribution < -0.4 is 10.1 Å². The summed E-state index contributed by atoms with van der Waals surface area (Å²) in [4.78, 5) is 25.5. The lowest BCUT2D eigenvalue weighted by molar-refractivity contribution is 0.102. The van der Waals surface area contributed by atoms with Crippen LogP contribution in [0.3, 0.4) is 0 Å². The third-order valence-corrected chi connectivity index (χ3v) is 4.62. The van der Waals surface area contributed by atoms with Crippen molar-refractivity contribution in [3.63, 3.8) is 0 Å². The van der Waals surface area contributed by atoms with Crippen molar-refractivity contribution in [1.29, 1.82) is 0 Å². The molecule has 4 aromatic heterocycles. The number of methoxy groups -OCH3 is 1. The lowest BCUT2D eigenvalue weighted by Crippen LogP contribution is -2.12. The molecule has 0 unspecified atom stereocenters. The molecule has 0 aliphatic heterocycles. The molecule has 0 saturated carbocycles. The summed E-state index contributed by atoms with van der Waals surface area (Å²) < 4.78 is 8.95. The Hall–Kier alpha value is -3.75. The number of hydrogen-bond acceptors (Lipinski definition) is 6. The molecule has 0 saturated heterocycles. The predicted octanol–water partition coefficient (Wildman–Crippen LogP) is 3.14. The maximum absolute atomic E-state index is 12.5. The van der Waals surface area contributed by atoms with Crippen LogP contribution >= 0.6 is 0 Å². The van der Waals surface area contributed by atoms with Gasteiger partial charge in [0.25, 0.3) is 5.91 Å². The molecule has 0 bridgehead atoms. The molecule has 1 amide bonds. The van der Waals surface area contributed by atoms with E-state index in [1.165, 1.54) is 6.20 Å². The number of rotatable bonds is 6. The summed E-state index contributed by atoms with van der Waals surface area (Å²) in [6.45, 7) is 5.09. The Bertz CT molecular complexity index is 1210. The SMILES string of the molecule is COc1nccc(-c2cc3cnc(NC(=O)c4cnn(C)c4)cc3n2CC(C)C)n1. The van der Waals surface area contributed by atoms with Crippen molar-refractivity contribution < 1.29 is 9.53 Å². The fraction of sp³-hybridized carbons (Fsp3) is 0.286. The zero-order valence-electron chi connectivity index (χ0n) is 17.3. The molecule has 0 aliphatic carbocycles. The van der Waals surface area contributed by atoms with E-state index in [1.54, 1.807) is 37.4 Å². The van der Waals surface area contributed by atoms with Gasteiger partial charge in [-0.25, -0.2) is 9.97 Å². The van der Waals surface area contributed by atoms with E-state index in [2.05, 4.69) is 43.8 Å². The third kappa shape index (κ3) is 3.86. The molecule has 0 spiro atoms. The van der Waals surface area contributed by atoms with E-state index >= 15 is 0 Å². The summed E-state index contributed by atoms with van der Waals surface area (Å²) in [5.41, 5.74) is 3.15. The van der Waals surface area contributed by atoms with Crippen LogP contribution in [0.5, 0.6) is 6.01 Å². The Morgan fingerprint density at radius 2 is 2.07 bits per heavy atom. The monoisotopic (exact) mass is 405 g/mol. The van der Waals surface area contributed by atoms with Crippen molar-refractivity contribution in [2.24, 2.45) is 13.0 Å². The fourth-order valence-corrected chi connectivity index (χ4v) is 3.31. The Morgan fingerprint density at radius 3 is 2.77 bits per heavy atom. The average Bonchev–Trinajstić information content (AvgIpc) is 3.32. The highest BCUT2D eigenvalue weighted by atomic mass is 16.5. The Morgan fingerprint density at radius 1 is 1.23 bits per heavy atom. The zero-order valence-corrected chi connectivity index (χ0v) is 17.3. The van der Waals surface area contributed by atoms with Crippen LogP contribution in [0.1, 0.15) is 24.2 Å². The highest BCUT2D eigenvalue weighted by molar-refractivity contribution is 6.04. The summed E-state index contributed by atoms with van der Waals surface area (Å²) in [5, 5.41) is 7.85. The van der Waals surface area contributed by atoms with Gasteiger partial charge in [0.2, 0.25) is 0 Å². The molecule has 0 radical (unpaired) electrons. The molecule has 30 heavy (non-hydrogen) atoms. The van der Waals surface area contributed by atoms with Crippen LogP contribution in [0, 0.1) is 5.92 Å². The van der Waals surface area contributed by atoms with Crippen molar-refractivity contribution in [2.45, 2.75) is 20.4 Å². The Balaban J connectivity index is 1.75. The number of nitrogens with zero attached hydrogens (tertiary/aromatic N) is 6. The molecule has 4 aromatic rings. The quantitative estimate of drug-likeness (QED) is 0.529. The van der Waals surface area contributed by atoms with Gasteiger partial charge in [-0.3, -0.25) is 9.48 Å². The topological polar surface area (TPSA) is 99.8 Å². The number of hydrogen-bond donors (Lipinski definition) is 1. The zero-order chi connectivity index (χ0) is 21.3. The first-order chi connectivity index (χ1) is 14.4. The second kappa shape index (κ2) is 7.94. The maximum Gasteiger partial charge on any atom is 0.316 e. The number of nitrogens with one attached hydrogen (secondary N) is 1. The number of carbonyl (C=O) groups is 1. The number of carbonyl (C=O) groups excluding carboxylic acids is 1. The summed E-state index contributed by atoms with van der Waals surface area (Å²) >= 11 is 0. The minimum Gasteiger partial charge on any atom is -0.467 e. The number of amides is 1. The molecule has 0 aromatic carbocycles. The van der Waals surface area contributed by atoms with Crippen LogP contribution in [0.15, 0.2) is 43.0 Å². The first-order valence-electron chi connectivity index (χ1n) is 9.61. The lowest BCUT2D eigenvalue weighted by atomic mass is 10.2. The van der Waals surface area contributed by atoms with Crippen LogP contribution in [-0.4, -0.2) is 42.3 Å². The van der Waals surface area contributed by atoms with Gasteiger partial charge in [-0.05, 0) is 18.1 Å². The average molecular weight is 405 g/mol. The van der Waals surface area contributed by atoms with Crippen molar-refractivity contribution in [2.75, 3.05) is 12.4 Å². The molecule has 9 heteroatoms. The minimum atomic E-state index is -0.252. The first-order valence-corrected chi connectivity index (χ1v) is 9.61. The lowest BCUT2D eigenvalue weighted by Gasteiger charge is -2.13. The van der Waals surface area contributed by atoms with E-state index in [9.17, 15) is 4.79 Å². The number of ether oxygens (including phenoxy) is 1. The normalized spacial score (nSPS) is 11.2. The molecular weight excluding hydrogens is 382 g/mol. The molecule has 9 nitrogen and oxygen atoms in total. The van der Waals surface area contributed by atoms with Gasteiger partial charge >= 0.3 is 6.01 Å². The predicted molar refractivity (Wildman–Crippen MR) is 113 cm³/mol. The van der Waals surface area contributed by atoms with Crippen molar-refractivity contribution in [3.05, 3.63) is 48.5 Å². The van der Waals surface area contributed by atoms with Gasteiger partial charge in [-0.15, -0.1) is 0 Å². The molecule has 0 atom stereocenters. The van der Waals surface area contributed by atoms with E-state index < -0.39 is 0 Å². The van der Waals surface area contributed by atoms with Crippen molar-refractivity contribution in [3.8, 4) is 17.4 Å². The van der Waals surface area contributed by atoms with E-state index in [0.29, 0.717) is 23.3 Å². The standard InChI is InChI=1S/C21H23N7O2/c1-13(2)11-28-17-8-19(26-20(29)15-10-24-27(3)12-15)23-9-14(17)7-18(28)16-5-6-22-21(25-16)30-4/h5-10,12-13H,11H2,1-4H3,(H,23,26,29). The second-order valence-electron chi connectivity index (χ2n) is 7.45. The van der Waals surface area contributed by atoms with E-state index in [1.807, 2.05) is 18.2 Å². The number of fused-ring (bicyclic) bond motifs is 1. The first kappa shape index (κ1) is 19.6. The molecular formula is C21H23N7O2. The highest BCUT2D eigenvalue weighted by Crippen LogP contribution is 2.29. The summed E-state index contributed by atoms with van der Waals surface area (Å²) in [5.74, 6) is 0.633. The molecule has 1 N–H and O–H groups in total. The maximum atomic E-state index is 12.5. The minimum absolute atomic E-state index is 0.252. The Labute approximate surface area is 173 Å². The Kier molecular flexibility index (Phi) is 5.18. The molecule has 0 fully saturated rings. The molecule has 4 rings (SSSR count). The number of aromatic nitrogens is 6. The molecule has 4 heterocycles. The van der Waals surface area contributed by atoms with Crippen LogP contribution in [0.4, 0.5) is 5.82 Å². The van der Waals surface area contributed by atoms with Gasteiger partial charge in [0.15, 0.2) is 0 Å². The molecule has 154 valence electrons. The summed E-state index contributed by atoms with van der Waals surface area (Å²) in [6, 6.07) is 6.09. The van der Waals surface area contributed by atoms with Gasteiger partial charge in [0, 0.05) is 43.6 Å². The third-order valence-electron chi connectivity index (χ3n) is 4.62. The van der Waals surface area contributed by atoms with Gasteiger partial charge in [0.05, 0.1) is 35.8 Å². The number of anilines is 1. The smallest absolute Gasteiger partial charge is 0.316 e. The van der Waals surface area contributed by atoms with Crippen molar-refractivity contribution >= 4 is 22.6 Å². The van der Waals surface area contributed by atoms with Gasteiger partial charge in [-0.2, -0.15) is 10.1 Å². The fourth-order valence-electron chi connectivity index (χ4n) is 3.31. The van der Waals surface area contributed by atoms with Gasteiger partial charge < -0.3 is 14.6 Å². The summed E-state index contributed by atoms with van der Waals surface area (Å²) in [7, 11) is 3.31. The van der Waals surface area contributed by atoms with E-state index in [0.717, 1.165) is 28.8 Å². The van der Waals surface area contributed by atoms with Gasteiger partial charge in [0.1, 0.15) is 5.82 Å². The summed E-state index contributed by atoms with van der Waals surface area (Å²) in [6.07, 6.45) is 6.62. The second-order valence-corrected chi connectivity index (χ2v) is 7.45. The highest BCUT2D eigenvalue weighted by Gasteiger charge is 2.16. The van der Waals surface area contributed by atoms with Crippen LogP contribution in [0.2, 0.25) is 0 Å². The van der Waals surface area contributed by atoms with Crippen molar-refractivity contribution in [1.82, 2.24) is 29.3 Å². The van der Waals surface area contributed by atoms with E-state index in [-0.39, 0.29) is 5.91 Å². The van der Waals surface area contributed by atoms with Crippen LogP contribution in [0.25, 0.3) is 22.3 Å². The number of aryl methyl sites for hydroxylation is 1.